The van der Waals surface area contributed by atoms with E-state index in [1.54, 1.807) is 54.7 Å². The highest BCUT2D eigenvalue weighted by molar-refractivity contribution is 7.90. The Morgan fingerprint density at radius 2 is 1.71 bits per heavy atom. The van der Waals surface area contributed by atoms with Gasteiger partial charge in [-0.15, -0.1) is 0 Å². The van der Waals surface area contributed by atoms with Crippen LogP contribution >= 0.6 is 11.6 Å². The molecule has 35 heavy (non-hydrogen) atoms. The van der Waals surface area contributed by atoms with Crippen molar-refractivity contribution in [2.24, 2.45) is 0 Å². The van der Waals surface area contributed by atoms with E-state index in [0.717, 1.165) is 15.4 Å². The van der Waals surface area contributed by atoms with Gasteiger partial charge in [-0.2, -0.15) is 0 Å². The number of nitrogens with zero attached hydrogens (tertiary/aromatic N) is 3. The Kier molecular flexibility index (Phi) is 6.25. The maximum absolute atomic E-state index is 13.3. The topological polar surface area (TPSA) is 97.1 Å². The summed E-state index contributed by atoms with van der Waals surface area (Å²) in [6, 6.07) is 22.6. The number of fused-ring (bicyclic) bond motifs is 1. The lowest BCUT2D eigenvalue weighted by atomic mass is 10.0. The molecule has 0 fully saturated rings. The molecule has 1 unspecified atom stereocenters. The van der Waals surface area contributed by atoms with Gasteiger partial charge in [-0.05, 0) is 54.6 Å². The monoisotopic (exact) mass is 504 g/mol. The summed E-state index contributed by atoms with van der Waals surface area (Å²) >= 11 is 5.92. The van der Waals surface area contributed by atoms with Gasteiger partial charge in [0.25, 0.3) is 10.0 Å². The van der Waals surface area contributed by atoms with Gasteiger partial charge < -0.3 is 10.4 Å². The van der Waals surface area contributed by atoms with Gasteiger partial charge in [0.15, 0.2) is 5.65 Å². The maximum atomic E-state index is 13.3. The molecular formula is C26H21ClN4O3S. The standard InChI is InChI=1S/C26H21ClN4O3S/c27-19-9-12-20(13-10-19)30-16-21-11-8-18(15-29-21)25(32)24-17-31(26-23(24)7-4-14-28-26)35(33,34)22-5-2-1-3-6-22/h1-15,17,25,30,32H,16H2. The molecule has 1 atom stereocenters. The Bertz CT molecular complexity index is 1570. The van der Waals surface area contributed by atoms with Crippen molar-refractivity contribution in [2.75, 3.05) is 5.32 Å². The van der Waals surface area contributed by atoms with Gasteiger partial charge in [-0.25, -0.2) is 17.4 Å². The zero-order valence-corrected chi connectivity index (χ0v) is 20.0. The normalized spacial score (nSPS) is 12.5. The van der Waals surface area contributed by atoms with Crippen molar-refractivity contribution in [3.05, 3.63) is 119 Å². The molecule has 0 bridgehead atoms. The number of rotatable bonds is 7. The summed E-state index contributed by atoms with van der Waals surface area (Å²) in [5.74, 6) is 0. The summed E-state index contributed by atoms with van der Waals surface area (Å²) in [6.07, 6.45) is 3.47. The number of aromatic nitrogens is 3. The third-order valence-electron chi connectivity index (χ3n) is 5.64. The molecule has 5 rings (SSSR count). The van der Waals surface area contributed by atoms with Crippen LogP contribution in [0.15, 0.2) is 102 Å². The van der Waals surface area contributed by atoms with Crippen LogP contribution in [0.3, 0.4) is 0 Å². The number of aliphatic hydroxyl groups excluding tert-OH is 1. The van der Waals surface area contributed by atoms with E-state index in [1.807, 2.05) is 18.2 Å². The van der Waals surface area contributed by atoms with E-state index in [0.29, 0.717) is 28.1 Å². The number of benzene rings is 2. The smallest absolute Gasteiger partial charge is 0.269 e. The zero-order valence-electron chi connectivity index (χ0n) is 18.4. The summed E-state index contributed by atoms with van der Waals surface area (Å²) in [5.41, 5.74) is 2.93. The van der Waals surface area contributed by atoms with Crippen LogP contribution in [0, 0.1) is 0 Å². The summed E-state index contributed by atoms with van der Waals surface area (Å²) in [7, 11) is -3.89. The van der Waals surface area contributed by atoms with Crippen LogP contribution in [-0.2, 0) is 16.6 Å². The zero-order chi connectivity index (χ0) is 24.4. The second kappa shape index (κ2) is 9.50. The van der Waals surface area contributed by atoms with E-state index in [2.05, 4.69) is 15.3 Å². The number of nitrogens with one attached hydrogen (secondary N) is 1. The fraction of sp³-hybridized carbons (Fsp3) is 0.0769. The average molecular weight is 505 g/mol. The second-order valence-electron chi connectivity index (χ2n) is 7.92. The van der Waals surface area contributed by atoms with Gasteiger partial charge in [0.1, 0.15) is 6.10 Å². The van der Waals surface area contributed by atoms with Crippen LogP contribution in [0.1, 0.15) is 22.9 Å². The van der Waals surface area contributed by atoms with Crippen molar-refractivity contribution >= 4 is 38.3 Å². The SMILES string of the molecule is O=S(=O)(c1ccccc1)n1cc(C(O)c2ccc(CNc3ccc(Cl)cc3)nc2)c2cccnc21. The Hall–Kier alpha value is -3.72. The third-order valence-corrected chi connectivity index (χ3v) is 7.55. The van der Waals surface area contributed by atoms with Crippen LogP contribution in [0.25, 0.3) is 11.0 Å². The van der Waals surface area contributed by atoms with E-state index >= 15 is 0 Å². The van der Waals surface area contributed by atoms with E-state index < -0.39 is 16.1 Å². The molecule has 0 radical (unpaired) electrons. The van der Waals surface area contributed by atoms with Gasteiger partial charge in [0, 0.05) is 45.8 Å². The molecule has 176 valence electrons. The molecule has 0 aliphatic rings. The minimum absolute atomic E-state index is 0.141. The minimum atomic E-state index is -3.89. The predicted molar refractivity (Wildman–Crippen MR) is 136 cm³/mol. The lowest BCUT2D eigenvalue weighted by Gasteiger charge is -2.11. The first-order valence-corrected chi connectivity index (χ1v) is 12.6. The molecule has 7 nitrogen and oxygen atoms in total. The van der Waals surface area contributed by atoms with Gasteiger partial charge in [-0.3, -0.25) is 4.98 Å². The highest BCUT2D eigenvalue weighted by Gasteiger charge is 2.25. The number of hydrogen-bond acceptors (Lipinski definition) is 6. The largest absolute Gasteiger partial charge is 0.384 e. The Balaban J connectivity index is 1.43. The molecule has 9 heteroatoms. The van der Waals surface area contributed by atoms with Crippen molar-refractivity contribution in [3.63, 3.8) is 0 Å². The molecule has 0 saturated carbocycles. The number of pyridine rings is 2. The van der Waals surface area contributed by atoms with Gasteiger partial charge in [0.05, 0.1) is 17.1 Å². The van der Waals surface area contributed by atoms with Gasteiger partial charge >= 0.3 is 0 Å². The van der Waals surface area contributed by atoms with Crippen LogP contribution in [-0.4, -0.2) is 27.5 Å². The Morgan fingerprint density at radius 1 is 0.943 bits per heavy atom. The first-order chi connectivity index (χ1) is 16.9. The lowest BCUT2D eigenvalue weighted by molar-refractivity contribution is 0.221. The van der Waals surface area contributed by atoms with Crippen LogP contribution in [0.2, 0.25) is 5.02 Å². The first-order valence-electron chi connectivity index (χ1n) is 10.8. The number of anilines is 1. The number of aliphatic hydroxyl groups is 1. The fourth-order valence-corrected chi connectivity index (χ4v) is 5.28. The van der Waals surface area contributed by atoms with Crippen molar-refractivity contribution in [1.29, 1.82) is 0 Å². The third kappa shape index (κ3) is 4.64. The predicted octanol–water partition coefficient (Wildman–Crippen LogP) is 5.02. The fourth-order valence-electron chi connectivity index (χ4n) is 3.80. The molecule has 3 aromatic heterocycles. The van der Waals surface area contributed by atoms with E-state index in [9.17, 15) is 13.5 Å². The molecule has 5 aromatic rings. The Labute approximate surface area is 207 Å². The molecule has 0 aliphatic heterocycles. The maximum Gasteiger partial charge on any atom is 0.269 e. The minimum Gasteiger partial charge on any atom is -0.384 e. The van der Waals surface area contributed by atoms with Crippen molar-refractivity contribution in [2.45, 2.75) is 17.5 Å². The van der Waals surface area contributed by atoms with Crippen molar-refractivity contribution in [1.82, 2.24) is 13.9 Å². The molecule has 2 N–H and O–H groups in total. The molecule has 3 heterocycles. The van der Waals surface area contributed by atoms with Gasteiger partial charge in [-0.1, -0.05) is 35.9 Å². The quantitative estimate of drug-likeness (QED) is 0.323. The van der Waals surface area contributed by atoms with E-state index in [4.69, 9.17) is 11.6 Å². The molecule has 0 amide bonds. The highest BCUT2D eigenvalue weighted by atomic mass is 35.5. The highest BCUT2D eigenvalue weighted by Crippen LogP contribution is 2.31. The molecule has 0 aliphatic carbocycles. The average Bonchev–Trinajstić information content (AvgIpc) is 3.29. The summed E-state index contributed by atoms with van der Waals surface area (Å²) < 4.78 is 27.7. The van der Waals surface area contributed by atoms with Gasteiger partial charge in [0.2, 0.25) is 0 Å². The van der Waals surface area contributed by atoms with Crippen LogP contribution < -0.4 is 5.32 Å². The van der Waals surface area contributed by atoms with Crippen molar-refractivity contribution in [3.8, 4) is 0 Å². The molecule has 0 spiro atoms. The Morgan fingerprint density at radius 3 is 2.43 bits per heavy atom. The number of hydrogen-bond donors (Lipinski definition) is 2. The van der Waals surface area contributed by atoms with E-state index in [1.165, 1.54) is 24.5 Å². The molecule has 2 aromatic carbocycles. The summed E-state index contributed by atoms with van der Waals surface area (Å²) in [5, 5.41) is 15.6. The molecule has 0 saturated heterocycles. The number of halogens is 1. The summed E-state index contributed by atoms with van der Waals surface area (Å²) in [4.78, 5) is 8.88. The van der Waals surface area contributed by atoms with Crippen LogP contribution in [0.5, 0.6) is 0 Å². The second-order valence-corrected chi connectivity index (χ2v) is 10.2. The van der Waals surface area contributed by atoms with Crippen molar-refractivity contribution < 1.29 is 13.5 Å². The van der Waals surface area contributed by atoms with Crippen LogP contribution in [0.4, 0.5) is 5.69 Å². The molecular weight excluding hydrogens is 484 g/mol. The summed E-state index contributed by atoms with van der Waals surface area (Å²) in [6.45, 7) is 0.497. The van der Waals surface area contributed by atoms with E-state index in [-0.39, 0.29) is 10.5 Å². The first kappa shape index (κ1) is 23.0. The lowest BCUT2D eigenvalue weighted by Crippen LogP contribution is -2.12.